The van der Waals surface area contributed by atoms with Crippen molar-refractivity contribution in [2.45, 2.75) is 31.7 Å². The Kier molecular flexibility index (Phi) is 2.30. The number of halogens is 1. The van der Waals surface area contributed by atoms with Gasteiger partial charge in [0.1, 0.15) is 12.2 Å². The van der Waals surface area contributed by atoms with Crippen molar-refractivity contribution in [3.63, 3.8) is 0 Å². The highest BCUT2D eigenvalue weighted by atomic mass is 35.5. The SMILES string of the molecule is CC1(C)OC1C(O)c1ccc(Cl)cc1. The Balaban J connectivity index is 2.13. The number of rotatable bonds is 2. The molecule has 0 aromatic heterocycles. The summed E-state index contributed by atoms with van der Waals surface area (Å²) in [7, 11) is 0. The Bertz CT molecular complexity index is 332. The molecular weight excluding hydrogens is 200 g/mol. The third kappa shape index (κ3) is 1.78. The van der Waals surface area contributed by atoms with Gasteiger partial charge in [-0.05, 0) is 31.5 Å². The van der Waals surface area contributed by atoms with E-state index in [9.17, 15) is 5.11 Å². The Hall–Kier alpha value is -0.570. The molecule has 1 saturated heterocycles. The number of hydrogen-bond acceptors (Lipinski definition) is 2. The fourth-order valence-electron chi connectivity index (χ4n) is 1.57. The van der Waals surface area contributed by atoms with Crippen molar-refractivity contribution in [3.05, 3.63) is 34.9 Å². The number of aliphatic hydroxyl groups is 1. The second-order valence-corrected chi connectivity index (χ2v) is 4.57. The van der Waals surface area contributed by atoms with Crippen LogP contribution in [0.15, 0.2) is 24.3 Å². The van der Waals surface area contributed by atoms with Gasteiger partial charge in [0.25, 0.3) is 0 Å². The van der Waals surface area contributed by atoms with Crippen LogP contribution in [-0.4, -0.2) is 16.8 Å². The number of benzene rings is 1. The number of aliphatic hydroxyl groups excluding tert-OH is 1. The maximum Gasteiger partial charge on any atom is 0.117 e. The molecular formula is C11H13ClO2. The molecule has 0 spiro atoms. The number of epoxide rings is 1. The predicted molar refractivity (Wildman–Crippen MR) is 55.4 cm³/mol. The van der Waals surface area contributed by atoms with Crippen LogP contribution >= 0.6 is 11.6 Å². The fraction of sp³-hybridized carbons (Fsp3) is 0.455. The summed E-state index contributed by atoms with van der Waals surface area (Å²) in [6, 6.07) is 7.19. The van der Waals surface area contributed by atoms with Crippen LogP contribution in [0, 0.1) is 0 Å². The van der Waals surface area contributed by atoms with Crippen LogP contribution < -0.4 is 0 Å². The normalized spacial score (nSPS) is 25.9. The minimum absolute atomic E-state index is 0.0938. The minimum Gasteiger partial charge on any atom is -0.386 e. The summed E-state index contributed by atoms with van der Waals surface area (Å²) >= 11 is 5.75. The third-order valence-electron chi connectivity index (χ3n) is 2.56. The van der Waals surface area contributed by atoms with E-state index in [1.165, 1.54) is 0 Å². The van der Waals surface area contributed by atoms with Gasteiger partial charge < -0.3 is 9.84 Å². The topological polar surface area (TPSA) is 32.8 Å². The Morgan fingerprint density at radius 3 is 2.29 bits per heavy atom. The van der Waals surface area contributed by atoms with Crippen LogP contribution in [0.2, 0.25) is 5.02 Å². The fourth-order valence-corrected chi connectivity index (χ4v) is 1.70. The van der Waals surface area contributed by atoms with Crippen molar-refractivity contribution in [2.75, 3.05) is 0 Å². The molecule has 1 fully saturated rings. The van der Waals surface area contributed by atoms with Gasteiger partial charge in [0.15, 0.2) is 0 Å². The standard InChI is InChI=1S/C11H13ClO2/c1-11(2)10(14-11)9(13)7-3-5-8(12)6-4-7/h3-6,9-10,13H,1-2H3. The summed E-state index contributed by atoms with van der Waals surface area (Å²) in [4.78, 5) is 0. The maximum atomic E-state index is 9.92. The van der Waals surface area contributed by atoms with Gasteiger partial charge >= 0.3 is 0 Å². The summed E-state index contributed by atoms with van der Waals surface area (Å²) in [5.74, 6) is 0. The Labute approximate surface area is 88.5 Å². The molecule has 0 aliphatic carbocycles. The summed E-state index contributed by atoms with van der Waals surface area (Å²) in [6.45, 7) is 3.94. The van der Waals surface area contributed by atoms with Crippen molar-refractivity contribution in [1.82, 2.24) is 0 Å². The van der Waals surface area contributed by atoms with Gasteiger partial charge in [-0.2, -0.15) is 0 Å². The summed E-state index contributed by atoms with van der Waals surface area (Å²) < 4.78 is 5.37. The van der Waals surface area contributed by atoms with Gasteiger partial charge in [-0.25, -0.2) is 0 Å². The lowest BCUT2D eigenvalue weighted by atomic mass is 10.00. The van der Waals surface area contributed by atoms with Gasteiger partial charge in [0.05, 0.1) is 5.60 Å². The van der Waals surface area contributed by atoms with E-state index in [-0.39, 0.29) is 11.7 Å². The van der Waals surface area contributed by atoms with Crippen molar-refractivity contribution in [3.8, 4) is 0 Å². The highest BCUT2D eigenvalue weighted by Crippen LogP contribution is 2.43. The Morgan fingerprint density at radius 2 is 1.86 bits per heavy atom. The average molecular weight is 213 g/mol. The van der Waals surface area contributed by atoms with E-state index in [0.29, 0.717) is 5.02 Å². The molecule has 0 amide bonds. The van der Waals surface area contributed by atoms with Crippen LogP contribution in [0.3, 0.4) is 0 Å². The second-order valence-electron chi connectivity index (χ2n) is 4.14. The van der Waals surface area contributed by atoms with Crippen LogP contribution in [0.25, 0.3) is 0 Å². The molecule has 14 heavy (non-hydrogen) atoms. The van der Waals surface area contributed by atoms with Crippen LogP contribution in [0.5, 0.6) is 0 Å². The van der Waals surface area contributed by atoms with Crippen LogP contribution in [-0.2, 0) is 4.74 Å². The number of ether oxygens (including phenoxy) is 1. The van der Waals surface area contributed by atoms with E-state index in [0.717, 1.165) is 5.56 Å². The van der Waals surface area contributed by atoms with Crippen molar-refractivity contribution < 1.29 is 9.84 Å². The summed E-state index contributed by atoms with van der Waals surface area (Å²) in [6.07, 6.45) is -0.647. The summed E-state index contributed by atoms with van der Waals surface area (Å²) in [5.41, 5.74) is 0.656. The lowest BCUT2D eigenvalue weighted by molar-refractivity contribution is 0.136. The summed E-state index contributed by atoms with van der Waals surface area (Å²) in [5, 5.41) is 10.6. The van der Waals surface area contributed by atoms with E-state index >= 15 is 0 Å². The van der Waals surface area contributed by atoms with E-state index in [1.54, 1.807) is 12.1 Å². The predicted octanol–water partition coefficient (Wildman–Crippen LogP) is 2.55. The van der Waals surface area contributed by atoms with Gasteiger partial charge in [0, 0.05) is 5.02 Å². The van der Waals surface area contributed by atoms with Gasteiger partial charge in [-0.15, -0.1) is 0 Å². The first-order valence-electron chi connectivity index (χ1n) is 4.62. The molecule has 2 rings (SSSR count). The van der Waals surface area contributed by atoms with E-state index < -0.39 is 6.10 Å². The molecule has 2 nitrogen and oxygen atoms in total. The van der Waals surface area contributed by atoms with Crippen LogP contribution in [0.4, 0.5) is 0 Å². The average Bonchev–Trinajstić information content (AvgIpc) is 2.75. The first kappa shape index (κ1) is 9.97. The van der Waals surface area contributed by atoms with E-state index in [1.807, 2.05) is 26.0 Å². The van der Waals surface area contributed by atoms with E-state index in [4.69, 9.17) is 16.3 Å². The number of hydrogen-bond donors (Lipinski definition) is 1. The van der Waals surface area contributed by atoms with Crippen LogP contribution in [0.1, 0.15) is 25.5 Å². The highest BCUT2D eigenvalue weighted by molar-refractivity contribution is 6.30. The first-order chi connectivity index (χ1) is 6.50. The van der Waals surface area contributed by atoms with Crippen molar-refractivity contribution >= 4 is 11.6 Å². The van der Waals surface area contributed by atoms with Gasteiger partial charge in [0.2, 0.25) is 0 Å². The molecule has 1 aliphatic rings. The Morgan fingerprint density at radius 1 is 1.36 bits per heavy atom. The molecule has 2 atom stereocenters. The van der Waals surface area contributed by atoms with Gasteiger partial charge in [-0.1, -0.05) is 23.7 Å². The molecule has 1 N–H and O–H groups in total. The molecule has 0 saturated carbocycles. The molecule has 3 heteroatoms. The lowest BCUT2D eigenvalue weighted by Crippen LogP contribution is -2.12. The van der Waals surface area contributed by atoms with E-state index in [2.05, 4.69) is 0 Å². The van der Waals surface area contributed by atoms with Crippen molar-refractivity contribution in [2.24, 2.45) is 0 Å². The third-order valence-corrected chi connectivity index (χ3v) is 2.81. The zero-order chi connectivity index (χ0) is 10.3. The molecule has 1 aromatic carbocycles. The molecule has 2 unspecified atom stereocenters. The molecule has 1 heterocycles. The maximum absolute atomic E-state index is 9.92. The monoisotopic (exact) mass is 212 g/mol. The zero-order valence-corrected chi connectivity index (χ0v) is 8.95. The molecule has 76 valence electrons. The first-order valence-corrected chi connectivity index (χ1v) is 5.00. The molecule has 1 aromatic rings. The largest absolute Gasteiger partial charge is 0.386 e. The van der Waals surface area contributed by atoms with Gasteiger partial charge in [-0.3, -0.25) is 0 Å². The zero-order valence-electron chi connectivity index (χ0n) is 8.20. The quantitative estimate of drug-likeness (QED) is 0.765. The second kappa shape index (κ2) is 3.23. The van der Waals surface area contributed by atoms with Crippen molar-refractivity contribution in [1.29, 1.82) is 0 Å². The smallest absolute Gasteiger partial charge is 0.117 e. The molecule has 0 bridgehead atoms. The minimum atomic E-state index is -0.553. The lowest BCUT2D eigenvalue weighted by Gasteiger charge is -2.08. The molecule has 1 aliphatic heterocycles. The highest BCUT2D eigenvalue weighted by Gasteiger charge is 2.52. The molecule has 0 radical (unpaired) electrons.